The van der Waals surface area contributed by atoms with Gasteiger partial charge >= 0.3 is 6.03 Å². The van der Waals surface area contributed by atoms with Crippen molar-refractivity contribution in [2.75, 3.05) is 20.2 Å². The van der Waals surface area contributed by atoms with Crippen LogP contribution < -0.4 is 14.8 Å². The number of fused-ring (bicyclic) bond motifs is 1. The Kier molecular flexibility index (Phi) is 5.91. The van der Waals surface area contributed by atoms with Gasteiger partial charge in [0.05, 0.1) is 18.6 Å². The zero-order valence-electron chi connectivity index (χ0n) is 14.8. The normalized spacial score (nSPS) is 16.5. The fourth-order valence-corrected chi connectivity index (χ4v) is 2.75. The van der Waals surface area contributed by atoms with Crippen molar-refractivity contribution >= 4 is 6.03 Å². The van der Waals surface area contributed by atoms with E-state index in [4.69, 9.17) is 14.7 Å². The molecule has 2 rings (SSSR count). The molecule has 1 aliphatic rings. The van der Waals surface area contributed by atoms with Crippen molar-refractivity contribution in [1.29, 1.82) is 5.26 Å². The largest absolute Gasteiger partial charge is 0.494 e. The first kappa shape index (κ1) is 17.9. The molecule has 0 radical (unpaired) electrons. The molecule has 0 saturated heterocycles. The Hall–Kier alpha value is -2.42. The van der Waals surface area contributed by atoms with Gasteiger partial charge < -0.3 is 19.7 Å². The zero-order valence-corrected chi connectivity index (χ0v) is 14.8. The Morgan fingerprint density at radius 2 is 2.33 bits per heavy atom. The van der Waals surface area contributed by atoms with E-state index in [1.54, 1.807) is 14.0 Å². The van der Waals surface area contributed by atoms with Gasteiger partial charge in [0, 0.05) is 37.7 Å². The summed E-state index contributed by atoms with van der Waals surface area (Å²) in [6, 6.07) is 5.86. The number of urea groups is 1. The molecule has 0 unspecified atom stereocenters. The number of hydrogen-bond acceptors (Lipinski definition) is 4. The van der Waals surface area contributed by atoms with Gasteiger partial charge in [-0.1, -0.05) is 0 Å². The topological polar surface area (TPSA) is 74.6 Å². The molecule has 2 amide bonds. The predicted molar refractivity (Wildman–Crippen MR) is 91.0 cm³/mol. The number of carbonyl (C=O) groups excluding carboxylic acids is 1. The summed E-state index contributed by atoms with van der Waals surface area (Å²) in [5, 5.41) is 11.7. The Bertz CT molecular complexity index is 639. The molecule has 1 aliphatic heterocycles. The van der Waals surface area contributed by atoms with Crippen molar-refractivity contribution in [3.05, 3.63) is 23.3 Å². The van der Waals surface area contributed by atoms with E-state index in [0.717, 1.165) is 29.0 Å². The Balaban J connectivity index is 2.05. The molecule has 0 fully saturated rings. The van der Waals surface area contributed by atoms with Crippen LogP contribution in [0.1, 0.15) is 31.9 Å². The first-order valence-corrected chi connectivity index (χ1v) is 8.28. The van der Waals surface area contributed by atoms with Crippen LogP contribution in [0, 0.1) is 17.2 Å². The minimum absolute atomic E-state index is 0.165. The summed E-state index contributed by atoms with van der Waals surface area (Å²) < 4.78 is 11.5. The first-order valence-electron chi connectivity index (χ1n) is 8.28. The average molecular weight is 331 g/mol. The van der Waals surface area contributed by atoms with Crippen LogP contribution in [-0.4, -0.2) is 37.2 Å². The highest BCUT2D eigenvalue weighted by Crippen LogP contribution is 2.35. The third-order valence-electron chi connectivity index (χ3n) is 3.92. The molecular formula is C18H25N3O3. The molecule has 0 bridgehead atoms. The van der Waals surface area contributed by atoms with Crippen molar-refractivity contribution in [3.8, 4) is 17.6 Å². The van der Waals surface area contributed by atoms with Gasteiger partial charge in [-0.2, -0.15) is 5.26 Å². The lowest BCUT2D eigenvalue weighted by atomic mass is 10.1. The van der Waals surface area contributed by atoms with Gasteiger partial charge in [0.1, 0.15) is 17.6 Å². The number of nitrogens with one attached hydrogen (secondary N) is 1. The molecule has 6 nitrogen and oxygen atoms in total. The monoisotopic (exact) mass is 331 g/mol. The number of nitriles is 1. The van der Waals surface area contributed by atoms with Crippen molar-refractivity contribution in [3.63, 3.8) is 0 Å². The van der Waals surface area contributed by atoms with Crippen LogP contribution in [0.2, 0.25) is 0 Å². The molecule has 130 valence electrons. The quantitative estimate of drug-likeness (QED) is 0.870. The molecule has 0 aliphatic carbocycles. The average Bonchev–Trinajstić information content (AvgIpc) is 2.91. The van der Waals surface area contributed by atoms with Crippen molar-refractivity contribution in [1.82, 2.24) is 10.2 Å². The summed E-state index contributed by atoms with van der Waals surface area (Å²) in [6.45, 7) is 7.07. The van der Waals surface area contributed by atoms with Gasteiger partial charge in [-0.3, -0.25) is 0 Å². The van der Waals surface area contributed by atoms with Gasteiger partial charge in [-0.25, -0.2) is 4.79 Å². The van der Waals surface area contributed by atoms with E-state index in [9.17, 15) is 4.79 Å². The molecule has 0 spiro atoms. The van der Waals surface area contributed by atoms with Gasteiger partial charge in [-0.05, 0) is 32.9 Å². The summed E-state index contributed by atoms with van der Waals surface area (Å²) in [6.07, 6.45) is 1.04. The molecule has 1 heterocycles. The lowest BCUT2D eigenvalue weighted by molar-refractivity contribution is 0.205. The number of rotatable bonds is 6. The summed E-state index contributed by atoms with van der Waals surface area (Å²) in [5.74, 6) is 1.44. The van der Waals surface area contributed by atoms with E-state index in [0.29, 0.717) is 19.7 Å². The predicted octanol–water partition coefficient (Wildman–Crippen LogP) is 2.71. The van der Waals surface area contributed by atoms with Gasteiger partial charge in [-0.15, -0.1) is 0 Å². The van der Waals surface area contributed by atoms with Crippen LogP contribution in [-0.2, 0) is 13.0 Å². The van der Waals surface area contributed by atoms with Gasteiger partial charge in [0.25, 0.3) is 0 Å². The van der Waals surface area contributed by atoms with Crippen LogP contribution in [0.3, 0.4) is 0 Å². The second-order valence-corrected chi connectivity index (χ2v) is 6.20. The number of benzene rings is 1. The van der Waals surface area contributed by atoms with Crippen molar-refractivity contribution in [2.45, 2.75) is 39.8 Å². The van der Waals surface area contributed by atoms with Crippen molar-refractivity contribution in [2.24, 2.45) is 5.92 Å². The summed E-state index contributed by atoms with van der Waals surface area (Å²) in [7, 11) is 1.68. The van der Waals surface area contributed by atoms with Crippen LogP contribution in [0.5, 0.6) is 11.5 Å². The minimum atomic E-state index is -0.214. The second kappa shape index (κ2) is 7.91. The Morgan fingerprint density at radius 3 is 3.00 bits per heavy atom. The van der Waals surface area contributed by atoms with Gasteiger partial charge in [0.15, 0.2) is 0 Å². The minimum Gasteiger partial charge on any atom is -0.494 e. The third-order valence-corrected chi connectivity index (χ3v) is 3.92. The first-order chi connectivity index (χ1) is 11.4. The molecule has 24 heavy (non-hydrogen) atoms. The Labute approximate surface area is 143 Å². The molecular weight excluding hydrogens is 306 g/mol. The highest BCUT2D eigenvalue weighted by Gasteiger charge is 2.22. The molecule has 1 aromatic rings. The maximum atomic E-state index is 12.2. The van der Waals surface area contributed by atoms with Crippen LogP contribution in [0.15, 0.2) is 12.1 Å². The van der Waals surface area contributed by atoms with E-state index in [1.165, 1.54) is 4.90 Å². The highest BCUT2D eigenvalue weighted by atomic mass is 16.5. The molecule has 0 saturated carbocycles. The van der Waals surface area contributed by atoms with E-state index in [1.807, 2.05) is 26.0 Å². The summed E-state index contributed by atoms with van der Waals surface area (Å²) in [5.41, 5.74) is 2.03. The molecule has 0 aromatic heterocycles. The third kappa shape index (κ3) is 4.31. The van der Waals surface area contributed by atoms with E-state index < -0.39 is 0 Å². The lowest BCUT2D eigenvalue weighted by Crippen LogP contribution is -2.39. The fraction of sp³-hybridized carbons (Fsp3) is 0.556. The van der Waals surface area contributed by atoms with Crippen LogP contribution in [0.4, 0.5) is 4.79 Å². The van der Waals surface area contributed by atoms with E-state index >= 15 is 0 Å². The van der Waals surface area contributed by atoms with Gasteiger partial charge in [0.2, 0.25) is 0 Å². The summed E-state index contributed by atoms with van der Waals surface area (Å²) >= 11 is 0. The second-order valence-electron chi connectivity index (χ2n) is 6.20. The van der Waals surface area contributed by atoms with Crippen LogP contribution >= 0.6 is 0 Å². The molecule has 6 heteroatoms. The zero-order chi connectivity index (χ0) is 17.7. The smallest absolute Gasteiger partial charge is 0.317 e. The number of amides is 2. The SMILES string of the molecule is CCOc1cc2c(cc1CNC(=O)N(C)C[C@@H](C)C#N)O[C@H](C)C2. The van der Waals surface area contributed by atoms with E-state index in [-0.39, 0.29) is 18.1 Å². The maximum Gasteiger partial charge on any atom is 0.317 e. The van der Waals surface area contributed by atoms with E-state index in [2.05, 4.69) is 11.4 Å². The number of hydrogen-bond donors (Lipinski definition) is 1. The van der Waals surface area contributed by atoms with Crippen LogP contribution in [0.25, 0.3) is 0 Å². The fourth-order valence-electron chi connectivity index (χ4n) is 2.75. The highest BCUT2D eigenvalue weighted by molar-refractivity contribution is 5.74. The number of nitrogens with zero attached hydrogens (tertiary/aromatic N) is 2. The lowest BCUT2D eigenvalue weighted by Gasteiger charge is -2.20. The molecule has 1 aromatic carbocycles. The summed E-state index contributed by atoms with van der Waals surface area (Å²) in [4.78, 5) is 13.7. The number of carbonyl (C=O) groups is 1. The maximum absolute atomic E-state index is 12.2. The molecule has 1 N–H and O–H groups in total. The standard InChI is InChI=1S/C18H25N3O3/c1-5-23-16-7-14-6-13(3)24-17(14)8-15(16)10-20-18(22)21(4)11-12(2)9-19/h7-8,12-13H,5-6,10-11H2,1-4H3,(H,20,22)/t12-,13+/m0/s1. The van der Waals surface area contributed by atoms with Crippen molar-refractivity contribution < 1.29 is 14.3 Å². The molecule has 2 atom stereocenters. The Morgan fingerprint density at radius 1 is 1.58 bits per heavy atom. The number of ether oxygens (including phenoxy) is 2.